The molecule has 2 heterocycles. The van der Waals surface area contributed by atoms with Crippen molar-refractivity contribution in [2.75, 3.05) is 20.8 Å². The van der Waals surface area contributed by atoms with Gasteiger partial charge >= 0.3 is 0 Å². The molecule has 1 aliphatic rings. The van der Waals surface area contributed by atoms with Crippen LogP contribution < -0.4 is 9.47 Å². The lowest BCUT2D eigenvalue weighted by Gasteiger charge is -2.36. The van der Waals surface area contributed by atoms with Crippen LogP contribution in [-0.4, -0.2) is 38.1 Å². The number of ether oxygens (including phenoxy) is 2. The smallest absolute Gasteiger partial charge is 0.246 e. The van der Waals surface area contributed by atoms with Crippen LogP contribution in [0.5, 0.6) is 11.5 Å². The van der Waals surface area contributed by atoms with Gasteiger partial charge in [-0.25, -0.2) is 12.8 Å². The van der Waals surface area contributed by atoms with E-state index in [1.54, 1.807) is 18.2 Å². The minimum absolute atomic E-state index is 0.220. The Labute approximate surface area is 169 Å². The van der Waals surface area contributed by atoms with E-state index < -0.39 is 21.9 Å². The Kier molecular flexibility index (Phi) is 5.06. The molecule has 0 spiro atoms. The van der Waals surface area contributed by atoms with Crippen molar-refractivity contribution in [3.05, 3.63) is 77.9 Å². The maximum atomic E-state index is 14.4. The number of methoxy groups -OCH3 is 2. The highest BCUT2D eigenvalue weighted by Crippen LogP contribution is 2.39. The molecule has 0 radical (unpaired) electrons. The van der Waals surface area contributed by atoms with Gasteiger partial charge < -0.3 is 14.0 Å². The van der Waals surface area contributed by atoms with E-state index in [4.69, 9.17) is 9.47 Å². The first-order chi connectivity index (χ1) is 14.0. The summed E-state index contributed by atoms with van der Waals surface area (Å²) in [6, 6.07) is 13.9. The second kappa shape index (κ2) is 7.53. The first-order valence-corrected chi connectivity index (χ1v) is 10.5. The maximum absolute atomic E-state index is 14.4. The molecule has 1 aliphatic heterocycles. The summed E-state index contributed by atoms with van der Waals surface area (Å²) in [5, 5.41) is 0. The second-order valence-corrected chi connectivity index (χ2v) is 8.55. The highest BCUT2D eigenvalue weighted by Gasteiger charge is 2.39. The molecular formula is C21H21FN2O4S. The summed E-state index contributed by atoms with van der Waals surface area (Å²) < 4.78 is 55.3. The largest absolute Gasteiger partial charge is 0.493 e. The molecule has 2 aromatic carbocycles. The Morgan fingerprint density at radius 2 is 1.72 bits per heavy atom. The summed E-state index contributed by atoms with van der Waals surface area (Å²) in [6.07, 6.45) is 1.91. The number of fused-ring (bicyclic) bond motifs is 1. The van der Waals surface area contributed by atoms with Crippen molar-refractivity contribution in [2.24, 2.45) is 0 Å². The molecule has 4 rings (SSSR count). The van der Waals surface area contributed by atoms with E-state index in [0.717, 1.165) is 11.8 Å². The number of benzene rings is 2. The maximum Gasteiger partial charge on any atom is 0.246 e. The molecule has 6 nitrogen and oxygen atoms in total. The van der Waals surface area contributed by atoms with E-state index >= 15 is 0 Å². The topological polar surface area (TPSA) is 60.8 Å². The molecule has 0 bridgehead atoms. The van der Waals surface area contributed by atoms with Crippen LogP contribution >= 0.6 is 0 Å². The molecule has 0 amide bonds. The summed E-state index contributed by atoms with van der Waals surface area (Å²) in [4.78, 5) is -0.328. The van der Waals surface area contributed by atoms with Crippen LogP contribution in [0, 0.1) is 5.82 Å². The molecule has 0 saturated heterocycles. The number of hydrogen-bond donors (Lipinski definition) is 0. The Morgan fingerprint density at radius 3 is 2.45 bits per heavy atom. The summed E-state index contributed by atoms with van der Waals surface area (Å²) in [5.41, 5.74) is 1.52. The standard InChI is InChI=1S/C21H21FN2O4S/c1-27-18-10-9-15(14-19(18)28-2)21-17-7-5-11-23(17)12-13-24(21)29(25,26)20-8-4-3-6-16(20)22/h3-11,14,21H,12-13H2,1-2H3/t21-/m0/s1. The zero-order valence-electron chi connectivity index (χ0n) is 16.1. The van der Waals surface area contributed by atoms with Gasteiger partial charge in [0.2, 0.25) is 10.0 Å². The van der Waals surface area contributed by atoms with Crippen LogP contribution in [-0.2, 0) is 16.6 Å². The fraction of sp³-hybridized carbons (Fsp3) is 0.238. The average Bonchev–Trinajstić information content (AvgIpc) is 3.21. The minimum atomic E-state index is -4.07. The van der Waals surface area contributed by atoms with Crippen LogP contribution in [0.1, 0.15) is 17.3 Å². The molecule has 3 aromatic rings. The third kappa shape index (κ3) is 3.28. The second-order valence-electron chi connectivity index (χ2n) is 6.69. The minimum Gasteiger partial charge on any atom is -0.493 e. The lowest BCUT2D eigenvalue weighted by atomic mass is 10.0. The van der Waals surface area contributed by atoms with Crippen LogP contribution in [0.4, 0.5) is 4.39 Å². The highest BCUT2D eigenvalue weighted by atomic mass is 32.2. The molecule has 0 saturated carbocycles. The zero-order chi connectivity index (χ0) is 20.6. The molecular weight excluding hydrogens is 395 g/mol. The summed E-state index contributed by atoms with van der Waals surface area (Å²) in [5.74, 6) is 0.280. The average molecular weight is 416 g/mol. The van der Waals surface area contributed by atoms with E-state index in [-0.39, 0.29) is 11.4 Å². The van der Waals surface area contributed by atoms with Gasteiger partial charge in [0, 0.05) is 25.0 Å². The number of halogens is 1. The third-order valence-electron chi connectivity index (χ3n) is 5.14. The van der Waals surface area contributed by atoms with Crippen molar-refractivity contribution >= 4 is 10.0 Å². The van der Waals surface area contributed by atoms with E-state index in [1.807, 2.05) is 22.9 Å². The van der Waals surface area contributed by atoms with Crippen LogP contribution in [0.3, 0.4) is 0 Å². The van der Waals surface area contributed by atoms with Gasteiger partial charge in [0.1, 0.15) is 10.7 Å². The predicted molar refractivity (Wildman–Crippen MR) is 106 cm³/mol. The molecule has 0 N–H and O–H groups in total. The van der Waals surface area contributed by atoms with E-state index in [1.165, 1.54) is 36.7 Å². The Bertz CT molecular complexity index is 1140. The van der Waals surface area contributed by atoms with Gasteiger partial charge in [-0.3, -0.25) is 0 Å². The fourth-order valence-electron chi connectivity index (χ4n) is 3.76. The zero-order valence-corrected chi connectivity index (χ0v) is 16.9. The summed E-state index contributed by atoms with van der Waals surface area (Å²) in [7, 11) is -1.01. The van der Waals surface area contributed by atoms with Crippen LogP contribution in [0.2, 0.25) is 0 Å². The van der Waals surface area contributed by atoms with E-state index in [2.05, 4.69) is 0 Å². The predicted octanol–water partition coefficient (Wildman–Crippen LogP) is 3.44. The van der Waals surface area contributed by atoms with Crippen molar-refractivity contribution in [3.63, 3.8) is 0 Å². The quantitative estimate of drug-likeness (QED) is 0.639. The first kappa shape index (κ1) is 19.5. The fourth-order valence-corrected chi connectivity index (χ4v) is 5.41. The highest BCUT2D eigenvalue weighted by molar-refractivity contribution is 7.89. The molecule has 0 aliphatic carbocycles. The van der Waals surface area contributed by atoms with E-state index in [0.29, 0.717) is 23.6 Å². The molecule has 1 atom stereocenters. The first-order valence-electron chi connectivity index (χ1n) is 9.10. The number of aromatic nitrogens is 1. The lowest BCUT2D eigenvalue weighted by Crippen LogP contribution is -2.42. The molecule has 29 heavy (non-hydrogen) atoms. The normalized spacial score (nSPS) is 17.0. The third-order valence-corrected chi connectivity index (χ3v) is 7.04. The van der Waals surface area contributed by atoms with Crippen molar-refractivity contribution in [2.45, 2.75) is 17.5 Å². The molecule has 152 valence electrons. The van der Waals surface area contributed by atoms with Gasteiger partial charge in [-0.1, -0.05) is 18.2 Å². The molecule has 8 heteroatoms. The number of nitrogens with zero attached hydrogens (tertiary/aromatic N) is 2. The number of sulfonamides is 1. The van der Waals surface area contributed by atoms with Gasteiger partial charge in [-0.2, -0.15) is 4.31 Å². The Morgan fingerprint density at radius 1 is 0.966 bits per heavy atom. The van der Waals surface area contributed by atoms with Crippen molar-refractivity contribution in [1.82, 2.24) is 8.87 Å². The lowest BCUT2D eigenvalue weighted by molar-refractivity contribution is 0.295. The van der Waals surface area contributed by atoms with E-state index in [9.17, 15) is 12.8 Å². The summed E-state index contributed by atoms with van der Waals surface area (Å²) in [6.45, 7) is 0.706. The SMILES string of the molecule is COc1ccc([C@H]2c3cccn3CCN2S(=O)(=O)c2ccccc2F)cc1OC. The Hall–Kier alpha value is -2.84. The van der Waals surface area contributed by atoms with Crippen molar-refractivity contribution < 1.29 is 22.3 Å². The number of rotatable bonds is 5. The monoisotopic (exact) mass is 416 g/mol. The van der Waals surface area contributed by atoms with Crippen molar-refractivity contribution in [1.29, 1.82) is 0 Å². The molecule has 0 fully saturated rings. The van der Waals surface area contributed by atoms with Gasteiger partial charge in [0.25, 0.3) is 0 Å². The van der Waals surface area contributed by atoms with Gasteiger partial charge in [0.05, 0.1) is 20.3 Å². The van der Waals surface area contributed by atoms with Gasteiger partial charge in [-0.15, -0.1) is 0 Å². The molecule has 1 aromatic heterocycles. The summed E-state index contributed by atoms with van der Waals surface area (Å²) >= 11 is 0. The molecule has 0 unspecified atom stereocenters. The van der Waals surface area contributed by atoms with Crippen molar-refractivity contribution in [3.8, 4) is 11.5 Å². The Balaban J connectivity index is 1.88. The van der Waals surface area contributed by atoms with Gasteiger partial charge in [0.15, 0.2) is 11.5 Å². The van der Waals surface area contributed by atoms with Crippen LogP contribution in [0.25, 0.3) is 0 Å². The number of hydrogen-bond acceptors (Lipinski definition) is 4. The van der Waals surface area contributed by atoms with Gasteiger partial charge in [-0.05, 0) is 42.0 Å². The van der Waals surface area contributed by atoms with Crippen LogP contribution in [0.15, 0.2) is 65.7 Å².